The van der Waals surface area contributed by atoms with Crippen molar-refractivity contribution in [1.82, 2.24) is 19.6 Å². The number of aryl methyl sites for hydroxylation is 2. The van der Waals surface area contributed by atoms with Gasteiger partial charge in [-0.1, -0.05) is 92.7 Å². The van der Waals surface area contributed by atoms with E-state index in [-0.39, 0.29) is 0 Å². The second-order valence-corrected chi connectivity index (χ2v) is 15.6. The molecule has 6 rings (SSSR count). The molecule has 0 saturated heterocycles. The van der Waals surface area contributed by atoms with Gasteiger partial charge in [-0.2, -0.15) is 10.2 Å². The van der Waals surface area contributed by atoms with Crippen molar-refractivity contribution >= 4 is 68.6 Å². The van der Waals surface area contributed by atoms with Gasteiger partial charge in [0.15, 0.2) is 0 Å². The largest absolute Gasteiger partial charge is 0.384 e. The summed E-state index contributed by atoms with van der Waals surface area (Å²) < 4.78 is 4.34. The fraction of sp³-hybridized carbons (Fsp3) is 0.205. The van der Waals surface area contributed by atoms with Crippen LogP contribution in [0.2, 0.25) is 20.1 Å². The van der Waals surface area contributed by atoms with E-state index in [9.17, 15) is 15.0 Å². The Bertz CT molecular complexity index is 2210. The molecule has 7 nitrogen and oxygen atoms in total. The second kappa shape index (κ2) is 15.2. The molecule has 0 aliphatic heterocycles. The topological polar surface area (TPSA) is 93.2 Å². The van der Waals surface area contributed by atoms with E-state index in [1.54, 1.807) is 85.6 Å². The molecule has 0 bridgehead atoms. The maximum atomic E-state index is 11.0. The molecule has 6 aromatic rings. The quantitative estimate of drug-likeness (QED) is 0.156. The highest BCUT2D eigenvalue weighted by molar-refractivity contribution is 9.10. The van der Waals surface area contributed by atoms with Gasteiger partial charge in [-0.3, -0.25) is 4.79 Å². The van der Waals surface area contributed by atoms with Crippen molar-refractivity contribution < 1.29 is 15.0 Å². The Labute approximate surface area is 325 Å². The summed E-state index contributed by atoms with van der Waals surface area (Å²) >= 11 is 29.0. The zero-order valence-corrected chi connectivity index (χ0v) is 33.3. The lowest BCUT2D eigenvalue weighted by atomic mass is 10.0. The van der Waals surface area contributed by atoms with Crippen LogP contribution in [0.1, 0.15) is 60.6 Å². The Morgan fingerprint density at radius 2 is 1.02 bits per heavy atom. The van der Waals surface area contributed by atoms with E-state index in [2.05, 4.69) is 26.1 Å². The minimum Gasteiger partial charge on any atom is -0.384 e. The number of benzene rings is 4. The molecule has 2 N–H and O–H groups in total. The molecule has 12 heteroatoms. The van der Waals surface area contributed by atoms with E-state index in [0.717, 1.165) is 44.4 Å². The number of rotatable bonds is 7. The number of nitrogens with zero attached hydrogens (tertiary/aromatic N) is 4. The molecular weight excluding hydrogens is 794 g/mol. The summed E-state index contributed by atoms with van der Waals surface area (Å²) in [6, 6.07) is 25.7. The molecule has 0 aliphatic carbocycles. The average Bonchev–Trinajstić information content (AvgIpc) is 3.67. The molecule has 0 unspecified atom stereocenters. The first-order valence-electron chi connectivity index (χ1n) is 15.8. The summed E-state index contributed by atoms with van der Waals surface area (Å²) in [4.78, 5) is 11.0. The van der Waals surface area contributed by atoms with Gasteiger partial charge in [0.25, 0.3) is 0 Å². The summed E-state index contributed by atoms with van der Waals surface area (Å²) in [5.41, 5.74) is 5.92. The number of hydrogen-bond donors (Lipinski definition) is 2. The minimum absolute atomic E-state index is 0.450. The van der Waals surface area contributed by atoms with Crippen molar-refractivity contribution in [2.45, 2.75) is 52.7 Å². The van der Waals surface area contributed by atoms with Crippen molar-refractivity contribution in [3.63, 3.8) is 0 Å². The van der Waals surface area contributed by atoms with E-state index in [0.29, 0.717) is 48.4 Å². The van der Waals surface area contributed by atoms with E-state index in [4.69, 9.17) is 46.4 Å². The average molecular weight is 829 g/mol. The molecule has 0 radical (unpaired) electrons. The molecule has 0 amide bonds. The van der Waals surface area contributed by atoms with E-state index >= 15 is 0 Å². The fourth-order valence-corrected chi connectivity index (χ4v) is 7.02. The molecule has 0 atom stereocenters. The Hall–Kier alpha value is -3.47. The number of carbonyl (C=O) groups excluding carboxylic acids is 1. The number of halogens is 5. The lowest BCUT2D eigenvalue weighted by Gasteiger charge is -2.14. The number of aliphatic hydroxyl groups is 2. The van der Waals surface area contributed by atoms with Gasteiger partial charge in [0, 0.05) is 21.2 Å². The molecule has 4 aromatic carbocycles. The molecule has 2 heterocycles. The van der Waals surface area contributed by atoms with E-state index in [1.165, 1.54) is 0 Å². The van der Waals surface area contributed by atoms with Gasteiger partial charge in [0.1, 0.15) is 28.9 Å². The van der Waals surface area contributed by atoms with Gasteiger partial charge < -0.3 is 10.2 Å². The number of carbonyl (C=O) groups is 1. The second-order valence-electron chi connectivity index (χ2n) is 13.1. The monoisotopic (exact) mass is 826 g/mol. The Morgan fingerprint density at radius 1 is 0.627 bits per heavy atom. The lowest BCUT2D eigenvalue weighted by molar-refractivity contribution is 0.0729. The van der Waals surface area contributed by atoms with Crippen LogP contribution < -0.4 is 0 Å². The molecule has 0 saturated carbocycles. The molecule has 0 spiro atoms. The first-order valence-corrected chi connectivity index (χ1v) is 18.1. The van der Waals surface area contributed by atoms with Crippen LogP contribution in [0.15, 0.2) is 89.4 Å². The molecular formula is C39H35BrCl4N4O3. The molecule has 51 heavy (non-hydrogen) atoms. The summed E-state index contributed by atoms with van der Waals surface area (Å²) in [6.45, 7) is 10.7. The van der Waals surface area contributed by atoms with Crippen LogP contribution in [0, 0.1) is 13.8 Å². The van der Waals surface area contributed by atoms with Gasteiger partial charge >= 0.3 is 0 Å². The van der Waals surface area contributed by atoms with Crippen molar-refractivity contribution in [2.75, 3.05) is 0 Å². The third-order valence-electron chi connectivity index (χ3n) is 8.10. The summed E-state index contributed by atoms with van der Waals surface area (Å²) in [7, 11) is 0. The van der Waals surface area contributed by atoms with Crippen LogP contribution in [-0.2, 0) is 11.2 Å². The number of para-hydroxylation sites is 2. The maximum absolute atomic E-state index is 11.0. The van der Waals surface area contributed by atoms with Gasteiger partial charge in [0.2, 0.25) is 0 Å². The molecule has 0 fully saturated rings. The predicted molar refractivity (Wildman–Crippen MR) is 211 cm³/mol. The first-order chi connectivity index (χ1) is 23.9. The van der Waals surface area contributed by atoms with Crippen LogP contribution >= 0.6 is 62.3 Å². The third kappa shape index (κ3) is 8.44. The highest BCUT2D eigenvalue weighted by Gasteiger charge is 2.27. The van der Waals surface area contributed by atoms with Crippen molar-refractivity contribution in [1.29, 1.82) is 0 Å². The first kappa shape index (κ1) is 38.8. The normalized spacial score (nSPS) is 11.7. The van der Waals surface area contributed by atoms with E-state index < -0.39 is 11.2 Å². The van der Waals surface area contributed by atoms with Crippen LogP contribution in [0.3, 0.4) is 0 Å². The zero-order valence-electron chi connectivity index (χ0n) is 28.6. The number of aldehydes is 1. The fourth-order valence-electron chi connectivity index (χ4n) is 5.43. The number of hydrogen-bond acceptors (Lipinski definition) is 5. The highest BCUT2D eigenvalue weighted by atomic mass is 79.9. The van der Waals surface area contributed by atoms with E-state index in [1.807, 2.05) is 50.2 Å². The Kier molecular flexibility index (Phi) is 11.6. The van der Waals surface area contributed by atoms with Crippen molar-refractivity contribution in [2.24, 2.45) is 0 Å². The van der Waals surface area contributed by atoms with Crippen LogP contribution in [0.5, 0.6) is 0 Å². The predicted octanol–water partition coefficient (Wildman–Crippen LogP) is 11.3. The lowest BCUT2D eigenvalue weighted by Crippen LogP contribution is -2.16. The smallest absolute Gasteiger partial charge is 0.150 e. The summed E-state index contributed by atoms with van der Waals surface area (Å²) in [6.07, 6.45) is 0.807. The molecule has 2 aromatic heterocycles. The standard InChI is InChI=1S/C20H18Cl2N2O2.C19H17BrCl2N2O/c1-12-9-13(11-25)7-8-14(12)17-10-18(20(2,3)26)23-24(17)19-15(21)5-4-6-16(19)22;1-11-9-12(20)7-8-13(11)16-10-17(19(2,3)25)23-24(16)18-14(21)5-4-6-15(18)22/h4-11,26H,1-3H3;4-10,25H,1-3H3. The van der Waals surface area contributed by atoms with Crippen LogP contribution in [0.4, 0.5) is 0 Å². The Morgan fingerprint density at radius 3 is 1.37 bits per heavy atom. The van der Waals surface area contributed by atoms with Crippen molar-refractivity contribution in [3.8, 4) is 33.9 Å². The van der Waals surface area contributed by atoms with Gasteiger partial charge in [-0.25, -0.2) is 9.36 Å². The summed E-state index contributed by atoms with van der Waals surface area (Å²) in [5.74, 6) is 0. The van der Waals surface area contributed by atoms with Crippen molar-refractivity contribution in [3.05, 3.63) is 138 Å². The zero-order chi connectivity index (χ0) is 37.4. The van der Waals surface area contributed by atoms with Gasteiger partial charge in [-0.05, 0) is 107 Å². The van der Waals surface area contributed by atoms with Gasteiger partial charge in [-0.15, -0.1) is 0 Å². The SMILES string of the molecule is Cc1cc(Br)ccc1-c1cc(C(C)(C)O)nn1-c1c(Cl)cccc1Cl.Cc1cc(C=O)ccc1-c1cc(C(C)(C)O)nn1-c1c(Cl)cccc1Cl. The van der Waals surface area contributed by atoms with Crippen LogP contribution in [-0.4, -0.2) is 36.1 Å². The van der Waals surface area contributed by atoms with Gasteiger partial charge in [0.05, 0.1) is 42.9 Å². The third-order valence-corrected chi connectivity index (χ3v) is 9.81. The highest BCUT2D eigenvalue weighted by Crippen LogP contribution is 2.38. The molecule has 0 aliphatic rings. The number of aromatic nitrogens is 4. The molecule has 264 valence electrons. The maximum Gasteiger partial charge on any atom is 0.150 e. The minimum atomic E-state index is -1.13. The van der Waals surface area contributed by atoms with Crippen LogP contribution in [0.25, 0.3) is 33.9 Å². The Balaban J connectivity index is 0.000000198. The summed E-state index contributed by atoms with van der Waals surface area (Å²) in [5, 5.41) is 31.9.